The summed E-state index contributed by atoms with van der Waals surface area (Å²) in [6.45, 7) is 0. The molecule has 1 aromatic rings. The first-order valence-electron chi connectivity index (χ1n) is 5.53. The van der Waals surface area contributed by atoms with Crippen LogP contribution in [-0.4, -0.2) is 9.97 Å². The van der Waals surface area contributed by atoms with Gasteiger partial charge < -0.3 is 0 Å². The highest BCUT2D eigenvalue weighted by atomic mass is 14.8. The molecule has 0 aliphatic heterocycles. The van der Waals surface area contributed by atoms with Crippen LogP contribution in [0.5, 0.6) is 0 Å². The normalized spacial score (nSPS) is 9.38. The SMILES string of the molecule is C#CCCCc1cnc(CCCC#C)cn1. The minimum absolute atomic E-state index is 0.797. The van der Waals surface area contributed by atoms with Gasteiger partial charge in [0.25, 0.3) is 0 Å². The van der Waals surface area contributed by atoms with Crippen molar-refractivity contribution in [1.29, 1.82) is 0 Å². The van der Waals surface area contributed by atoms with Crippen molar-refractivity contribution in [2.45, 2.75) is 38.5 Å². The van der Waals surface area contributed by atoms with E-state index in [1.165, 1.54) is 0 Å². The molecule has 0 atom stereocenters. The molecule has 0 spiro atoms. The molecule has 0 saturated heterocycles. The number of rotatable bonds is 6. The number of aryl methyl sites for hydroxylation is 2. The molecule has 0 aliphatic carbocycles. The van der Waals surface area contributed by atoms with Crippen LogP contribution in [0, 0.1) is 24.7 Å². The van der Waals surface area contributed by atoms with Crippen LogP contribution >= 0.6 is 0 Å². The first-order valence-corrected chi connectivity index (χ1v) is 5.53. The molecular formula is C14H16N2. The molecule has 0 N–H and O–H groups in total. The van der Waals surface area contributed by atoms with Crippen molar-refractivity contribution in [3.8, 4) is 24.7 Å². The standard InChI is InChI=1S/C14H16N2/c1-3-5-7-9-13-11-16-14(12-15-13)10-8-6-4-2/h1-2,11-12H,5-10H2. The van der Waals surface area contributed by atoms with Crippen LogP contribution in [0.15, 0.2) is 12.4 Å². The van der Waals surface area contributed by atoms with Crippen molar-refractivity contribution in [2.75, 3.05) is 0 Å². The lowest BCUT2D eigenvalue weighted by atomic mass is 10.2. The summed E-state index contributed by atoms with van der Waals surface area (Å²) in [4.78, 5) is 8.69. The monoisotopic (exact) mass is 212 g/mol. The fourth-order valence-corrected chi connectivity index (χ4v) is 1.38. The first-order chi connectivity index (χ1) is 7.86. The zero-order chi connectivity index (χ0) is 11.6. The highest BCUT2D eigenvalue weighted by Gasteiger charge is 1.97. The van der Waals surface area contributed by atoms with E-state index in [0.29, 0.717) is 0 Å². The Hall–Kier alpha value is -1.80. The lowest BCUT2D eigenvalue weighted by molar-refractivity contribution is 0.790. The Bertz CT molecular complexity index is 340. The highest BCUT2D eigenvalue weighted by Crippen LogP contribution is 2.03. The van der Waals surface area contributed by atoms with E-state index < -0.39 is 0 Å². The number of hydrogen-bond donors (Lipinski definition) is 0. The Morgan fingerprint density at radius 2 is 1.31 bits per heavy atom. The van der Waals surface area contributed by atoms with Crippen molar-refractivity contribution < 1.29 is 0 Å². The Morgan fingerprint density at radius 1 is 0.875 bits per heavy atom. The lowest BCUT2D eigenvalue weighted by Crippen LogP contribution is -1.96. The smallest absolute Gasteiger partial charge is 0.0587 e. The van der Waals surface area contributed by atoms with E-state index in [0.717, 1.165) is 49.9 Å². The second-order valence-electron chi connectivity index (χ2n) is 3.61. The lowest BCUT2D eigenvalue weighted by Gasteiger charge is -2.00. The average Bonchev–Trinajstić information content (AvgIpc) is 2.32. The van der Waals surface area contributed by atoms with Gasteiger partial charge in [0.2, 0.25) is 0 Å². The largest absolute Gasteiger partial charge is 0.258 e. The van der Waals surface area contributed by atoms with E-state index in [2.05, 4.69) is 21.8 Å². The van der Waals surface area contributed by atoms with Gasteiger partial charge in [0.15, 0.2) is 0 Å². The van der Waals surface area contributed by atoms with Gasteiger partial charge in [-0.1, -0.05) is 0 Å². The predicted molar refractivity (Wildman–Crippen MR) is 65.6 cm³/mol. The summed E-state index contributed by atoms with van der Waals surface area (Å²) in [5, 5.41) is 0. The average molecular weight is 212 g/mol. The minimum Gasteiger partial charge on any atom is -0.258 e. The van der Waals surface area contributed by atoms with E-state index >= 15 is 0 Å². The van der Waals surface area contributed by atoms with Crippen molar-refractivity contribution in [2.24, 2.45) is 0 Å². The van der Waals surface area contributed by atoms with Gasteiger partial charge >= 0.3 is 0 Å². The minimum atomic E-state index is 0.797. The van der Waals surface area contributed by atoms with Crippen molar-refractivity contribution in [3.05, 3.63) is 23.8 Å². The molecule has 2 heteroatoms. The molecule has 0 aliphatic rings. The second kappa shape index (κ2) is 7.49. The zero-order valence-electron chi connectivity index (χ0n) is 9.45. The molecule has 0 saturated carbocycles. The molecular weight excluding hydrogens is 196 g/mol. The fourth-order valence-electron chi connectivity index (χ4n) is 1.38. The molecule has 2 nitrogen and oxygen atoms in total. The van der Waals surface area contributed by atoms with E-state index in [-0.39, 0.29) is 0 Å². The quantitative estimate of drug-likeness (QED) is 0.534. The van der Waals surface area contributed by atoms with Crippen molar-refractivity contribution in [1.82, 2.24) is 9.97 Å². The van der Waals surface area contributed by atoms with Gasteiger partial charge in [-0.2, -0.15) is 0 Å². The van der Waals surface area contributed by atoms with Crippen LogP contribution in [0.1, 0.15) is 37.1 Å². The summed E-state index contributed by atoms with van der Waals surface area (Å²) in [6, 6.07) is 0. The van der Waals surface area contributed by atoms with Gasteiger partial charge in [0.1, 0.15) is 0 Å². The predicted octanol–water partition coefficient (Wildman–Crippen LogP) is 2.39. The molecule has 16 heavy (non-hydrogen) atoms. The number of unbranched alkanes of at least 4 members (excludes halogenated alkanes) is 2. The van der Waals surface area contributed by atoms with Gasteiger partial charge in [0, 0.05) is 25.2 Å². The third-order valence-electron chi connectivity index (χ3n) is 2.27. The third-order valence-corrected chi connectivity index (χ3v) is 2.27. The molecule has 0 bridgehead atoms. The summed E-state index contributed by atoms with van der Waals surface area (Å²) >= 11 is 0. The van der Waals surface area contributed by atoms with Gasteiger partial charge in [-0.3, -0.25) is 9.97 Å². The summed E-state index contributed by atoms with van der Waals surface area (Å²) in [5.41, 5.74) is 2.02. The number of nitrogens with zero attached hydrogens (tertiary/aromatic N) is 2. The van der Waals surface area contributed by atoms with Gasteiger partial charge in [-0.15, -0.1) is 24.7 Å². The Balaban J connectivity index is 2.36. The number of terminal acetylenes is 2. The molecule has 82 valence electrons. The van der Waals surface area contributed by atoms with E-state index in [1.807, 2.05) is 12.4 Å². The maximum absolute atomic E-state index is 5.18. The van der Waals surface area contributed by atoms with Crippen LogP contribution in [0.3, 0.4) is 0 Å². The van der Waals surface area contributed by atoms with Gasteiger partial charge in [0.05, 0.1) is 11.4 Å². The molecule has 1 heterocycles. The molecule has 0 fully saturated rings. The van der Waals surface area contributed by atoms with Crippen LogP contribution < -0.4 is 0 Å². The Labute approximate surface area is 97.5 Å². The summed E-state index contributed by atoms with van der Waals surface area (Å²) < 4.78 is 0. The van der Waals surface area contributed by atoms with E-state index in [9.17, 15) is 0 Å². The first kappa shape index (κ1) is 12.3. The van der Waals surface area contributed by atoms with E-state index in [1.54, 1.807) is 0 Å². The van der Waals surface area contributed by atoms with Crippen LogP contribution in [-0.2, 0) is 12.8 Å². The fraction of sp³-hybridized carbons (Fsp3) is 0.429. The Kier molecular flexibility index (Phi) is 5.74. The highest BCUT2D eigenvalue weighted by molar-refractivity contribution is 5.03. The second-order valence-corrected chi connectivity index (χ2v) is 3.61. The van der Waals surface area contributed by atoms with Gasteiger partial charge in [-0.25, -0.2) is 0 Å². The summed E-state index contributed by atoms with van der Waals surface area (Å²) in [7, 11) is 0. The van der Waals surface area contributed by atoms with Gasteiger partial charge in [-0.05, 0) is 25.7 Å². The van der Waals surface area contributed by atoms with Crippen LogP contribution in [0.2, 0.25) is 0 Å². The topological polar surface area (TPSA) is 25.8 Å². The van der Waals surface area contributed by atoms with Crippen molar-refractivity contribution >= 4 is 0 Å². The molecule has 1 rings (SSSR count). The van der Waals surface area contributed by atoms with Crippen LogP contribution in [0.4, 0.5) is 0 Å². The van der Waals surface area contributed by atoms with Crippen molar-refractivity contribution in [3.63, 3.8) is 0 Å². The molecule has 1 aromatic heterocycles. The maximum Gasteiger partial charge on any atom is 0.0587 e. The molecule has 0 amide bonds. The maximum atomic E-state index is 5.18. The van der Waals surface area contributed by atoms with E-state index in [4.69, 9.17) is 12.8 Å². The molecule has 0 unspecified atom stereocenters. The zero-order valence-corrected chi connectivity index (χ0v) is 9.45. The molecule has 0 radical (unpaired) electrons. The van der Waals surface area contributed by atoms with Crippen LogP contribution in [0.25, 0.3) is 0 Å². The number of hydrogen-bond acceptors (Lipinski definition) is 2. The number of aromatic nitrogens is 2. The summed E-state index contributed by atoms with van der Waals surface area (Å²) in [6.07, 6.45) is 19.4. The summed E-state index contributed by atoms with van der Waals surface area (Å²) in [5.74, 6) is 5.23. The third kappa shape index (κ3) is 4.62. The Morgan fingerprint density at radius 3 is 1.62 bits per heavy atom. The molecule has 0 aromatic carbocycles.